The summed E-state index contributed by atoms with van der Waals surface area (Å²) in [7, 11) is 1.32. The Bertz CT molecular complexity index is 709. The van der Waals surface area contributed by atoms with Crippen molar-refractivity contribution in [1.29, 1.82) is 0 Å². The highest BCUT2D eigenvalue weighted by molar-refractivity contribution is 6.35. The van der Waals surface area contributed by atoms with Gasteiger partial charge in [-0.05, 0) is 24.1 Å². The number of methoxy groups -OCH3 is 1. The van der Waals surface area contributed by atoms with Crippen LogP contribution in [0.5, 0.6) is 0 Å². The SMILES string of the molecule is COC(=O)[C@@H](NC(=O)CCn1ccc2c(Cl)cccc21)C(C)C. The molecule has 0 spiro atoms. The number of aryl methyl sites for hydroxylation is 1. The Labute approximate surface area is 140 Å². The molecule has 23 heavy (non-hydrogen) atoms. The van der Waals surface area contributed by atoms with Gasteiger partial charge in [-0.3, -0.25) is 4.79 Å². The van der Waals surface area contributed by atoms with Gasteiger partial charge in [-0.25, -0.2) is 4.79 Å². The van der Waals surface area contributed by atoms with Crippen LogP contribution in [-0.4, -0.2) is 29.6 Å². The Morgan fingerprint density at radius 3 is 2.70 bits per heavy atom. The molecule has 124 valence electrons. The lowest BCUT2D eigenvalue weighted by Crippen LogP contribution is -2.45. The molecule has 1 N–H and O–H groups in total. The summed E-state index contributed by atoms with van der Waals surface area (Å²) in [5.41, 5.74) is 0.985. The molecule has 0 saturated carbocycles. The third-order valence-electron chi connectivity index (χ3n) is 3.78. The fourth-order valence-corrected chi connectivity index (χ4v) is 2.71. The molecule has 5 nitrogen and oxygen atoms in total. The molecule has 6 heteroatoms. The average molecular weight is 337 g/mol. The van der Waals surface area contributed by atoms with Gasteiger partial charge in [-0.2, -0.15) is 0 Å². The number of hydrogen-bond acceptors (Lipinski definition) is 3. The van der Waals surface area contributed by atoms with Gasteiger partial charge in [0.15, 0.2) is 0 Å². The maximum atomic E-state index is 12.1. The molecule has 0 aliphatic carbocycles. The van der Waals surface area contributed by atoms with E-state index in [0.29, 0.717) is 11.6 Å². The molecular weight excluding hydrogens is 316 g/mol. The number of carbonyl (C=O) groups is 2. The van der Waals surface area contributed by atoms with E-state index in [4.69, 9.17) is 16.3 Å². The van der Waals surface area contributed by atoms with E-state index in [1.807, 2.05) is 48.9 Å². The average Bonchev–Trinajstić information content (AvgIpc) is 2.94. The van der Waals surface area contributed by atoms with Crippen molar-refractivity contribution in [3.05, 3.63) is 35.5 Å². The Morgan fingerprint density at radius 1 is 1.30 bits per heavy atom. The highest BCUT2D eigenvalue weighted by Crippen LogP contribution is 2.24. The van der Waals surface area contributed by atoms with Crippen molar-refractivity contribution in [3.63, 3.8) is 0 Å². The first kappa shape index (κ1) is 17.3. The first-order valence-electron chi connectivity index (χ1n) is 7.54. The Kier molecular flexibility index (Phi) is 5.66. The second-order valence-electron chi connectivity index (χ2n) is 5.74. The molecule has 1 heterocycles. The van der Waals surface area contributed by atoms with Crippen LogP contribution in [0.4, 0.5) is 0 Å². The van der Waals surface area contributed by atoms with Gasteiger partial charge >= 0.3 is 5.97 Å². The molecule has 1 aromatic carbocycles. The van der Waals surface area contributed by atoms with Gasteiger partial charge in [0, 0.05) is 35.1 Å². The van der Waals surface area contributed by atoms with Crippen LogP contribution in [0.1, 0.15) is 20.3 Å². The molecule has 0 unspecified atom stereocenters. The van der Waals surface area contributed by atoms with Crippen molar-refractivity contribution in [1.82, 2.24) is 9.88 Å². The summed E-state index contributed by atoms with van der Waals surface area (Å²) in [5, 5.41) is 4.39. The molecule has 0 aliphatic heterocycles. The highest BCUT2D eigenvalue weighted by atomic mass is 35.5. The van der Waals surface area contributed by atoms with Crippen molar-refractivity contribution in [2.75, 3.05) is 7.11 Å². The van der Waals surface area contributed by atoms with Crippen LogP contribution in [0.15, 0.2) is 30.5 Å². The molecule has 0 bridgehead atoms. The molecule has 0 aliphatic rings. The number of nitrogens with zero attached hydrogens (tertiary/aromatic N) is 1. The maximum absolute atomic E-state index is 12.1. The summed E-state index contributed by atoms with van der Waals surface area (Å²) in [6.07, 6.45) is 2.18. The van der Waals surface area contributed by atoms with E-state index in [0.717, 1.165) is 10.9 Å². The quantitative estimate of drug-likeness (QED) is 0.825. The number of rotatable bonds is 6. The predicted octanol–water partition coefficient (Wildman–Crippen LogP) is 3.00. The molecule has 1 atom stereocenters. The second kappa shape index (κ2) is 7.51. The molecule has 1 aromatic heterocycles. The summed E-state index contributed by atoms with van der Waals surface area (Å²) in [5.74, 6) is -0.637. The molecule has 1 amide bonds. The molecule has 0 radical (unpaired) electrons. The first-order valence-corrected chi connectivity index (χ1v) is 7.92. The number of halogens is 1. The van der Waals surface area contributed by atoms with Gasteiger partial charge in [0.1, 0.15) is 6.04 Å². The number of ether oxygens (including phenoxy) is 1. The van der Waals surface area contributed by atoms with Gasteiger partial charge in [0.05, 0.1) is 7.11 Å². The topological polar surface area (TPSA) is 60.3 Å². The largest absolute Gasteiger partial charge is 0.467 e. The number of nitrogens with one attached hydrogen (secondary N) is 1. The minimum Gasteiger partial charge on any atom is -0.467 e. The number of fused-ring (bicyclic) bond motifs is 1. The van der Waals surface area contributed by atoms with Gasteiger partial charge in [-0.1, -0.05) is 31.5 Å². The zero-order chi connectivity index (χ0) is 17.0. The molecule has 2 rings (SSSR count). The van der Waals surface area contributed by atoms with Gasteiger partial charge in [-0.15, -0.1) is 0 Å². The maximum Gasteiger partial charge on any atom is 0.328 e. The van der Waals surface area contributed by atoms with Gasteiger partial charge in [0.2, 0.25) is 5.91 Å². The van der Waals surface area contributed by atoms with Crippen molar-refractivity contribution in [3.8, 4) is 0 Å². The molecule has 2 aromatic rings. The predicted molar refractivity (Wildman–Crippen MR) is 90.3 cm³/mol. The number of aromatic nitrogens is 1. The number of hydrogen-bond donors (Lipinski definition) is 1. The molecule has 0 saturated heterocycles. The lowest BCUT2D eigenvalue weighted by molar-refractivity contribution is -0.146. The van der Waals surface area contributed by atoms with Crippen LogP contribution in [-0.2, 0) is 20.9 Å². The number of carbonyl (C=O) groups excluding carboxylic acids is 2. The zero-order valence-corrected chi connectivity index (χ0v) is 14.3. The van der Waals surface area contributed by atoms with E-state index < -0.39 is 12.0 Å². The van der Waals surface area contributed by atoms with Crippen molar-refractivity contribution in [2.24, 2.45) is 5.92 Å². The van der Waals surface area contributed by atoms with E-state index in [1.165, 1.54) is 7.11 Å². The minimum atomic E-state index is -0.622. The van der Waals surface area contributed by atoms with Crippen molar-refractivity contribution < 1.29 is 14.3 Å². The number of benzene rings is 1. The monoisotopic (exact) mass is 336 g/mol. The van der Waals surface area contributed by atoms with Crippen LogP contribution in [0, 0.1) is 5.92 Å². The summed E-state index contributed by atoms with van der Waals surface area (Å²) in [6, 6.07) is 6.99. The van der Waals surface area contributed by atoms with Crippen molar-refractivity contribution in [2.45, 2.75) is 32.9 Å². The van der Waals surface area contributed by atoms with Crippen LogP contribution in [0.2, 0.25) is 5.02 Å². The van der Waals surface area contributed by atoms with E-state index in [2.05, 4.69) is 5.32 Å². The van der Waals surface area contributed by atoms with Crippen LogP contribution in [0.25, 0.3) is 10.9 Å². The minimum absolute atomic E-state index is 0.0300. The van der Waals surface area contributed by atoms with E-state index in [1.54, 1.807) is 0 Å². The first-order chi connectivity index (χ1) is 10.9. The Balaban J connectivity index is 2.00. The Morgan fingerprint density at radius 2 is 2.04 bits per heavy atom. The van der Waals surface area contributed by atoms with Crippen LogP contribution < -0.4 is 5.32 Å². The van der Waals surface area contributed by atoms with E-state index >= 15 is 0 Å². The molecular formula is C17H21ClN2O3. The zero-order valence-electron chi connectivity index (χ0n) is 13.5. The smallest absolute Gasteiger partial charge is 0.328 e. The lowest BCUT2D eigenvalue weighted by Gasteiger charge is -2.19. The third-order valence-corrected chi connectivity index (χ3v) is 4.11. The van der Waals surface area contributed by atoms with E-state index in [9.17, 15) is 9.59 Å². The van der Waals surface area contributed by atoms with Crippen LogP contribution in [0.3, 0.4) is 0 Å². The van der Waals surface area contributed by atoms with Gasteiger partial charge in [0.25, 0.3) is 0 Å². The fraction of sp³-hybridized carbons (Fsp3) is 0.412. The van der Waals surface area contributed by atoms with Crippen LogP contribution >= 0.6 is 11.6 Å². The normalized spacial score (nSPS) is 12.4. The summed E-state index contributed by atoms with van der Waals surface area (Å²) in [6.45, 7) is 4.24. The highest BCUT2D eigenvalue weighted by Gasteiger charge is 2.24. The number of amides is 1. The summed E-state index contributed by atoms with van der Waals surface area (Å²) >= 11 is 6.14. The lowest BCUT2D eigenvalue weighted by atomic mass is 10.0. The molecule has 0 fully saturated rings. The van der Waals surface area contributed by atoms with E-state index in [-0.39, 0.29) is 18.2 Å². The second-order valence-corrected chi connectivity index (χ2v) is 6.15. The Hall–Kier alpha value is -2.01. The van der Waals surface area contributed by atoms with Crippen molar-refractivity contribution >= 4 is 34.4 Å². The van der Waals surface area contributed by atoms with Gasteiger partial charge < -0.3 is 14.6 Å². The summed E-state index contributed by atoms with van der Waals surface area (Å²) in [4.78, 5) is 23.8. The summed E-state index contributed by atoms with van der Waals surface area (Å²) < 4.78 is 6.70. The third kappa shape index (κ3) is 4.05. The number of esters is 1. The fourth-order valence-electron chi connectivity index (χ4n) is 2.47. The standard InChI is InChI=1S/C17H21ClN2O3/c1-11(2)16(17(22)23-3)19-15(21)8-10-20-9-7-12-13(18)5-4-6-14(12)20/h4-7,9,11,16H,8,10H2,1-3H3,(H,19,21)/t16-/m0/s1.